The van der Waals surface area contributed by atoms with Crippen molar-refractivity contribution in [3.05, 3.63) is 23.8 Å². The van der Waals surface area contributed by atoms with E-state index in [1.165, 1.54) is 0 Å². The van der Waals surface area contributed by atoms with Gasteiger partial charge in [-0.2, -0.15) is 5.26 Å². The van der Waals surface area contributed by atoms with Crippen LogP contribution in [0, 0.1) is 11.3 Å². The maximum absolute atomic E-state index is 8.42. The van der Waals surface area contributed by atoms with Crippen LogP contribution in [0.2, 0.25) is 0 Å². The number of nitrogens with two attached hydrogens (primary N) is 2. The van der Waals surface area contributed by atoms with Gasteiger partial charge in [0.1, 0.15) is 0 Å². The van der Waals surface area contributed by atoms with Gasteiger partial charge in [0.25, 0.3) is 0 Å². The average Bonchev–Trinajstić information content (AvgIpc) is 2.09. The minimum Gasteiger partial charge on any atom is -0.398 e. The van der Waals surface area contributed by atoms with Gasteiger partial charge in [-0.3, -0.25) is 5.84 Å². The normalized spacial score (nSPS) is 9.00. The lowest BCUT2D eigenvalue weighted by molar-refractivity contribution is 1.26. The second kappa shape index (κ2) is 3.60. The van der Waals surface area contributed by atoms with Crippen LogP contribution in [0.4, 0.5) is 11.4 Å². The lowest BCUT2D eigenvalue weighted by Gasteiger charge is -2.04. The highest BCUT2D eigenvalue weighted by atomic mass is 15.2. The van der Waals surface area contributed by atoms with E-state index in [0.29, 0.717) is 12.1 Å². The Bertz CT molecular complexity index is 313. The molecule has 0 aliphatic rings. The summed E-state index contributed by atoms with van der Waals surface area (Å²) < 4.78 is 0. The number of hydrogen-bond acceptors (Lipinski definition) is 4. The standard InChI is InChI=1S/C8H10N4/c9-4-3-6-1-2-7(12-11)5-8(6)10/h1-2,5,12H,3,10-11H2. The van der Waals surface area contributed by atoms with Gasteiger partial charge in [-0.05, 0) is 17.7 Å². The molecule has 12 heavy (non-hydrogen) atoms. The van der Waals surface area contributed by atoms with Crippen LogP contribution in [0.1, 0.15) is 5.56 Å². The van der Waals surface area contributed by atoms with E-state index in [9.17, 15) is 0 Å². The van der Waals surface area contributed by atoms with Crippen LogP contribution in [-0.2, 0) is 6.42 Å². The first-order chi connectivity index (χ1) is 5.77. The first-order valence-electron chi connectivity index (χ1n) is 3.50. The van der Waals surface area contributed by atoms with Crippen LogP contribution in [-0.4, -0.2) is 0 Å². The molecule has 62 valence electrons. The van der Waals surface area contributed by atoms with E-state index < -0.39 is 0 Å². The molecule has 1 rings (SSSR count). The third-order valence-corrected chi connectivity index (χ3v) is 1.58. The molecule has 4 heteroatoms. The zero-order valence-corrected chi connectivity index (χ0v) is 6.54. The van der Waals surface area contributed by atoms with Gasteiger partial charge in [-0.15, -0.1) is 0 Å². The summed E-state index contributed by atoms with van der Waals surface area (Å²) in [5, 5.41) is 8.42. The number of nitrogens with zero attached hydrogens (tertiary/aromatic N) is 1. The summed E-state index contributed by atoms with van der Waals surface area (Å²) >= 11 is 0. The zero-order valence-electron chi connectivity index (χ0n) is 6.54. The minimum absolute atomic E-state index is 0.330. The topological polar surface area (TPSA) is 87.9 Å². The molecule has 1 aromatic carbocycles. The van der Waals surface area contributed by atoms with Crippen molar-refractivity contribution in [1.29, 1.82) is 5.26 Å². The van der Waals surface area contributed by atoms with Crippen LogP contribution in [0.15, 0.2) is 18.2 Å². The summed E-state index contributed by atoms with van der Waals surface area (Å²) in [6.07, 6.45) is 0.330. The minimum atomic E-state index is 0.330. The van der Waals surface area contributed by atoms with Crippen molar-refractivity contribution in [3.63, 3.8) is 0 Å². The maximum Gasteiger partial charge on any atom is 0.0670 e. The molecule has 0 amide bonds. The molecular weight excluding hydrogens is 152 g/mol. The molecule has 0 atom stereocenters. The van der Waals surface area contributed by atoms with Crippen LogP contribution in [0.25, 0.3) is 0 Å². The second-order valence-corrected chi connectivity index (χ2v) is 2.39. The van der Waals surface area contributed by atoms with Crippen LogP contribution < -0.4 is 17.0 Å². The summed E-state index contributed by atoms with van der Waals surface area (Å²) in [4.78, 5) is 0. The summed E-state index contributed by atoms with van der Waals surface area (Å²) in [5.74, 6) is 5.17. The molecule has 0 saturated heterocycles. The number of nitrogen functional groups attached to an aromatic ring is 2. The predicted octanol–water partition coefficient (Wildman–Crippen LogP) is 0.620. The largest absolute Gasteiger partial charge is 0.398 e. The Labute approximate surface area is 70.8 Å². The molecule has 0 heterocycles. The van der Waals surface area contributed by atoms with Crippen LogP contribution in [0.5, 0.6) is 0 Å². The van der Waals surface area contributed by atoms with E-state index >= 15 is 0 Å². The molecule has 1 aromatic rings. The summed E-state index contributed by atoms with van der Waals surface area (Å²) in [6.45, 7) is 0. The number of hydrazine groups is 1. The van der Waals surface area contributed by atoms with Gasteiger partial charge in [0.2, 0.25) is 0 Å². The first kappa shape index (κ1) is 8.37. The summed E-state index contributed by atoms with van der Waals surface area (Å²) in [7, 11) is 0. The van der Waals surface area contributed by atoms with Gasteiger partial charge in [0.15, 0.2) is 0 Å². The molecular formula is C8H10N4. The van der Waals surface area contributed by atoms with Crippen molar-refractivity contribution in [2.75, 3.05) is 11.2 Å². The summed E-state index contributed by atoms with van der Waals surface area (Å²) in [6, 6.07) is 7.30. The van der Waals surface area contributed by atoms with Gasteiger partial charge in [-0.25, -0.2) is 0 Å². The Balaban J connectivity index is 2.97. The predicted molar refractivity (Wildman–Crippen MR) is 48.0 cm³/mol. The zero-order chi connectivity index (χ0) is 8.97. The van der Waals surface area contributed by atoms with E-state index in [1.54, 1.807) is 18.2 Å². The molecule has 0 radical (unpaired) electrons. The van der Waals surface area contributed by atoms with Crippen molar-refractivity contribution >= 4 is 11.4 Å². The Kier molecular flexibility index (Phi) is 2.51. The number of rotatable bonds is 2. The fourth-order valence-corrected chi connectivity index (χ4v) is 0.931. The first-order valence-corrected chi connectivity index (χ1v) is 3.50. The van der Waals surface area contributed by atoms with Crippen molar-refractivity contribution in [1.82, 2.24) is 0 Å². The summed E-state index contributed by atoms with van der Waals surface area (Å²) in [5.41, 5.74) is 10.3. The van der Waals surface area contributed by atoms with E-state index in [2.05, 4.69) is 5.43 Å². The molecule has 5 N–H and O–H groups in total. The molecule has 4 nitrogen and oxygen atoms in total. The van der Waals surface area contributed by atoms with Gasteiger partial charge in [0, 0.05) is 5.69 Å². The number of nitrogens with one attached hydrogen (secondary N) is 1. The van der Waals surface area contributed by atoms with Crippen molar-refractivity contribution < 1.29 is 0 Å². The smallest absolute Gasteiger partial charge is 0.0670 e. The third kappa shape index (κ3) is 1.65. The highest BCUT2D eigenvalue weighted by Gasteiger charge is 1.98. The SMILES string of the molecule is N#CCc1ccc(NN)cc1N. The van der Waals surface area contributed by atoms with Crippen LogP contribution in [0.3, 0.4) is 0 Å². The number of hydrogen-bond donors (Lipinski definition) is 3. The molecule has 0 aromatic heterocycles. The maximum atomic E-state index is 8.42. The molecule has 0 aliphatic carbocycles. The second-order valence-electron chi connectivity index (χ2n) is 2.39. The quantitative estimate of drug-likeness (QED) is 0.338. The van der Waals surface area contributed by atoms with Gasteiger partial charge in [0.05, 0.1) is 18.2 Å². The van der Waals surface area contributed by atoms with E-state index in [0.717, 1.165) is 11.3 Å². The third-order valence-electron chi connectivity index (χ3n) is 1.58. The van der Waals surface area contributed by atoms with E-state index in [1.807, 2.05) is 6.07 Å². The lowest BCUT2D eigenvalue weighted by atomic mass is 10.1. The van der Waals surface area contributed by atoms with E-state index in [4.69, 9.17) is 16.8 Å². The fourth-order valence-electron chi connectivity index (χ4n) is 0.931. The Morgan fingerprint density at radius 1 is 1.50 bits per heavy atom. The van der Waals surface area contributed by atoms with Gasteiger partial charge < -0.3 is 11.2 Å². The van der Waals surface area contributed by atoms with Crippen LogP contribution >= 0.6 is 0 Å². The van der Waals surface area contributed by atoms with Crippen molar-refractivity contribution in [2.45, 2.75) is 6.42 Å². The molecule has 0 spiro atoms. The van der Waals surface area contributed by atoms with Gasteiger partial charge in [-0.1, -0.05) is 6.07 Å². The number of nitriles is 1. The average molecular weight is 162 g/mol. The Morgan fingerprint density at radius 2 is 2.25 bits per heavy atom. The highest BCUT2D eigenvalue weighted by molar-refractivity contribution is 5.58. The Hall–Kier alpha value is -1.73. The lowest BCUT2D eigenvalue weighted by Crippen LogP contribution is -2.07. The highest BCUT2D eigenvalue weighted by Crippen LogP contribution is 2.17. The fraction of sp³-hybridized carbons (Fsp3) is 0.125. The van der Waals surface area contributed by atoms with E-state index in [-0.39, 0.29) is 0 Å². The number of anilines is 2. The van der Waals surface area contributed by atoms with Crippen molar-refractivity contribution in [2.24, 2.45) is 5.84 Å². The monoisotopic (exact) mass is 162 g/mol. The molecule has 0 fully saturated rings. The molecule has 0 bridgehead atoms. The molecule has 0 saturated carbocycles. The molecule has 0 aliphatic heterocycles. The number of benzene rings is 1. The molecule has 0 unspecified atom stereocenters. The van der Waals surface area contributed by atoms with Gasteiger partial charge >= 0.3 is 0 Å². The van der Waals surface area contributed by atoms with Crippen molar-refractivity contribution in [3.8, 4) is 6.07 Å². The Morgan fingerprint density at radius 3 is 2.75 bits per heavy atom.